The van der Waals surface area contributed by atoms with Gasteiger partial charge in [-0.05, 0) is 20.4 Å². The molecule has 0 spiro atoms. The lowest BCUT2D eigenvalue weighted by Gasteiger charge is -2.44. The standard InChI is InChI=1S/C13H21N5O3/c1-4-15-6-10(2)17(11(3)7-15)13(19)9-16-8-12(5-14-16)18(20)21/h5,8,10-11H,4,6-7,9H2,1-3H3/t10-,11-/m1/s1. The highest BCUT2D eigenvalue weighted by atomic mass is 16.6. The van der Waals surface area contributed by atoms with Gasteiger partial charge in [-0.25, -0.2) is 0 Å². The third kappa shape index (κ3) is 3.38. The summed E-state index contributed by atoms with van der Waals surface area (Å²) in [5.74, 6) is -0.0521. The molecule has 1 aromatic heterocycles. The van der Waals surface area contributed by atoms with E-state index in [2.05, 4.69) is 16.9 Å². The molecule has 1 aliphatic heterocycles. The SMILES string of the molecule is CCN1C[C@@H](C)N(C(=O)Cn2cc([N+](=O)[O-])cn2)[C@H](C)C1. The van der Waals surface area contributed by atoms with Crippen molar-refractivity contribution in [3.05, 3.63) is 22.5 Å². The van der Waals surface area contributed by atoms with Crippen molar-refractivity contribution < 1.29 is 9.72 Å². The van der Waals surface area contributed by atoms with Gasteiger partial charge >= 0.3 is 5.69 Å². The molecule has 1 amide bonds. The summed E-state index contributed by atoms with van der Waals surface area (Å²) in [5.41, 5.74) is -0.0975. The lowest BCUT2D eigenvalue weighted by Crippen LogP contribution is -2.59. The average molecular weight is 295 g/mol. The number of hydrogen-bond acceptors (Lipinski definition) is 5. The van der Waals surface area contributed by atoms with Crippen molar-refractivity contribution in [2.45, 2.75) is 39.4 Å². The van der Waals surface area contributed by atoms with Gasteiger partial charge in [-0.1, -0.05) is 6.92 Å². The molecule has 0 aromatic carbocycles. The molecule has 0 saturated carbocycles. The lowest BCUT2D eigenvalue weighted by atomic mass is 10.1. The third-order valence-corrected chi connectivity index (χ3v) is 3.86. The van der Waals surface area contributed by atoms with Gasteiger partial charge in [0, 0.05) is 25.2 Å². The van der Waals surface area contributed by atoms with Crippen LogP contribution in [0.5, 0.6) is 0 Å². The van der Waals surface area contributed by atoms with E-state index >= 15 is 0 Å². The normalized spacial score (nSPS) is 23.3. The second-order valence-electron chi connectivity index (χ2n) is 5.50. The van der Waals surface area contributed by atoms with Crippen LogP contribution in [0.1, 0.15) is 20.8 Å². The molecule has 1 saturated heterocycles. The predicted molar refractivity (Wildman–Crippen MR) is 76.8 cm³/mol. The monoisotopic (exact) mass is 295 g/mol. The number of rotatable bonds is 4. The number of piperazine rings is 1. The Balaban J connectivity index is 2.03. The summed E-state index contributed by atoms with van der Waals surface area (Å²) in [6.45, 7) is 8.89. The molecule has 8 nitrogen and oxygen atoms in total. The molecule has 1 aromatic rings. The quantitative estimate of drug-likeness (QED) is 0.604. The van der Waals surface area contributed by atoms with E-state index in [-0.39, 0.29) is 30.2 Å². The molecule has 2 atom stereocenters. The zero-order valence-electron chi connectivity index (χ0n) is 12.6. The Morgan fingerprint density at radius 1 is 1.43 bits per heavy atom. The topological polar surface area (TPSA) is 84.5 Å². The highest BCUT2D eigenvalue weighted by Gasteiger charge is 2.32. The first-order valence-electron chi connectivity index (χ1n) is 7.12. The van der Waals surface area contributed by atoms with Crippen LogP contribution in [0.25, 0.3) is 0 Å². The fourth-order valence-electron chi connectivity index (χ4n) is 2.94. The lowest BCUT2D eigenvalue weighted by molar-refractivity contribution is -0.385. The van der Waals surface area contributed by atoms with Crippen LogP contribution in [-0.4, -0.2) is 62.1 Å². The molecule has 0 N–H and O–H groups in total. The van der Waals surface area contributed by atoms with E-state index in [1.807, 2.05) is 18.7 Å². The summed E-state index contributed by atoms with van der Waals surface area (Å²) < 4.78 is 1.33. The number of carbonyl (C=O) groups excluding carboxylic acids is 1. The van der Waals surface area contributed by atoms with E-state index in [0.29, 0.717) is 0 Å². The summed E-state index contributed by atoms with van der Waals surface area (Å²) in [6, 6.07) is 0.262. The van der Waals surface area contributed by atoms with Crippen molar-refractivity contribution in [1.82, 2.24) is 19.6 Å². The summed E-state index contributed by atoms with van der Waals surface area (Å²) in [6.07, 6.45) is 2.45. The smallest absolute Gasteiger partial charge is 0.307 e. The minimum atomic E-state index is -0.515. The number of carbonyl (C=O) groups is 1. The van der Waals surface area contributed by atoms with E-state index < -0.39 is 4.92 Å². The van der Waals surface area contributed by atoms with Crippen LogP contribution in [0.15, 0.2) is 12.4 Å². The number of nitro groups is 1. The molecule has 1 aliphatic rings. The van der Waals surface area contributed by atoms with Gasteiger partial charge in [-0.2, -0.15) is 5.10 Å². The number of amides is 1. The summed E-state index contributed by atoms with van der Waals surface area (Å²) in [4.78, 5) is 26.7. The first-order chi connectivity index (χ1) is 9.92. The fraction of sp³-hybridized carbons (Fsp3) is 0.692. The van der Waals surface area contributed by atoms with E-state index in [4.69, 9.17) is 0 Å². The van der Waals surface area contributed by atoms with Gasteiger partial charge in [0.25, 0.3) is 0 Å². The molecule has 0 bridgehead atoms. The second-order valence-corrected chi connectivity index (χ2v) is 5.50. The van der Waals surface area contributed by atoms with Crippen LogP contribution < -0.4 is 0 Å². The Kier molecular flexibility index (Phi) is 4.56. The van der Waals surface area contributed by atoms with Crippen LogP contribution in [0, 0.1) is 10.1 Å². The van der Waals surface area contributed by atoms with E-state index in [9.17, 15) is 14.9 Å². The highest BCUT2D eigenvalue weighted by molar-refractivity contribution is 5.76. The molecular weight excluding hydrogens is 274 g/mol. The second kappa shape index (κ2) is 6.21. The molecule has 0 aliphatic carbocycles. The first-order valence-corrected chi connectivity index (χ1v) is 7.12. The van der Waals surface area contributed by atoms with Crippen molar-refractivity contribution in [3.63, 3.8) is 0 Å². The van der Waals surface area contributed by atoms with Gasteiger partial charge in [0.1, 0.15) is 18.9 Å². The van der Waals surface area contributed by atoms with Gasteiger partial charge < -0.3 is 4.90 Å². The molecule has 0 unspecified atom stereocenters. The molecule has 2 heterocycles. The van der Waals surface area contributed by atoms with Gasteiger partial charge in [-0.3, -0.25) is 24.5 Å². The molecule has 1 fully saturated rings. The Morgan fingerprint density at radius 3 is 2.52 bits per heavy atom. The largest absolute Gasteiger partial charge is 0.333 e. The molecule has 116 valence electrons. The van der Waals surface area contributed by atoms with Crippen LogP contribution in [-0.2, 0) is 11.3 Å². The zero-order chi connectivity index (χ0) is 15.6. The van der Waals surface area contributed by atoms with Crippen molar-refractivity contribution in [3.8, 4) is 0 Å². The van der Waals surface area contributed by atoms with Gasteiger partial charge in [0.2, 0.25) is 5.91 Å². The van der Waals surface area contributed by atoms with Crippen molar-refractivity contribution in [2.24, 2.45) is 0 Å². The van der Waals surface area contributed by atoms with E-state index in [1.54, 1.807) is 0 Å². The molecule has 21 heavy (non-hydrogen) atoms. The van der Waals surface area contributed by atoms with Crippen molar-refractivity contribution in [1.29, 1.82) is 0 Å². The van der Waals surface area contributed by atoms with E-state index in [1.165, 1.54) is 10.9 Å². The number of likely N-dealkylation sites (N-methyl/N-ethyl adjacent to an activating group) is 1. The fourth-order valence-corrected chi connectivity index (χ4v) is 2.94. The first kappa shape index (κ1) is 15.4. The number of aromatic nitrogens is 2. The van der Waals surface area contributed by atoms with Crippen LogP contribution in [0.3, 0.4) is 0 Å². The van der Waals surface area contributed by atoms with Crippen LogP contribution in [0.2, 0.25) is 0 Å². The maximum Gasteiger partial charge on any atom is 0.307 e. The van der Waals surface area contributed by atoms with Crippen molar-refractivity contribution in [2.75, 3.05) is 19.6 Å². The molecular formula is C13H21N5O3. The van der Waals surface area contributed by atoms with Crippen LogP contribution in [0.4, 0.5) is 5.69 Å². The van der Waals surface area contributed by atoms with Crippen molar-refractivity contribution >= 4 is 11.6 Å². The Bertz CT molecular complexity index is 518. The minimum absolute atomic E-state index is 0.0364. The van der Waals surface area contributed by atoms with Gasteiger partial charge in [-0.15, -0.1) is 0 Å². The predicted octanol–water partition coefficient (Wildman–Crippen LogP) is 0.732. The minimum Gasteiger partial charge on any atom is -0.333 e. The Morgan fingerprint density at radius 2 is 2.05 bits per heavy atom. The molecule has 2 rings (SSSR count). The van der Waals surface area contributed by atoms with Gasteiger partial charge in [0.15, 0.2) is 0 Å². The summed E-state index contributed by atoms with van der Waals surface area (Å²) in [7, 11) is 0. The number of nitrogens with zero attached hydrogens (tertiary/aromatic N) is 5. The maximum atomic E-state index is 12.4. The van der Waals surface area contributed by atoms with Gasteiger partial charge in [0.05, 0.1) is 4.92 Å². The average Bonchev–Trinajstić information content (AvgIpc) is 2.86. The molecule has 0 radical (unpaired) electrons. The Labute approximate surface area is 123 Å². The van der Waals surface area contributed by atoms with Crippen LogP contribution >= 0.6 is 0 Å². The Hall–Kier alpha value is -1.96. The zero-order valence-corrected chi connectivity index (χ0v) is 12.6. The van der Waals surface area contributed by atoms with E-state index in [0.717, 1.165) is 25.8 Å². The number of hydrogen-bond donors (Lipinski definition) is 0. The summed E-state index contributed by atoms with van der Waals surface area (Å²) >= 11 is 0. The maximum absolute atomic E-state index is 12.4. The highest BCUT2D eigenvalue weighted by Crippen LogP contribution is 2.17. The molecule has 8 heteroatoms. The third-order valence-electron chi connectivity index (χ3n) is 3.86. The summed E-state index contributed by atoms with van der Waals surface area (Å²) in [5, 5.41) is 14.5.